The van der Waals surface area contributed by atoms with E-state index in [1.54, 1.807) is 0 Å². The molecule has 0 aliphatic carbocycles. The third-order valence-electron chi connectivity index (χ3n) is 21.5. The quantitative estimate of drug-likeness (QED) is 0.0260. The van der Waals surface area contributed by atoms with Gasteiger partial charge >= 0.3 is 77.6 Å². The normalized spacial score (nSPS) is 10.9. The molecule has 138 heavy (non-hydrogen) atoms. The molecule has 0 saturated carbocycles. The standard InChI is InChI=1S/C23H43N3O8.C19H37N3O6.2C15H31N3O4.C12H26N2O2.C11H25N3O2/c1-24(12-6-14-25(16-8-20(27)31-2)17-9-21(28)32-3)13-7-15-26(18-10-22(29)33-4)19-11-23(30)34-5;1-21(12-5-10-20-11-7-17(23)26-2)13-6-14-22(15-8-18(24)27-3)16-9-19(25)28-4;1-18(12-4-8-16-10-6-14(19)21-2)13-5-9-17-11-7-15(20)22-3;1-17(9-4-8-16)10-5-11-18(12-6-14(19)21-2)13-7-15(20)22-3;1-4-5-10-14(2)11-6-8-13-9-7-12(15)16-3;1-14(9-3-6-12)10-4-7-13-8-5-11(15)16-2/h6-19H2,1-5H3;20H,5-16H2,1-4H3;16-17H,4-13H2,1-3H3;4-13,16H2,1-3H3;13H,4-11H2,1-3H3;13H,3-10,12H2,1-2H3. The molecule has 0 radical (unpaired) electrons. The van der Waals surface area contributed by atoms with Crippen LogP contribution >= 0.6 is 0 Å². The maximum absolute atomic E-state index is 11.5. The Bertz CT molecular complexity index is 2760. The lowest BCUT2D eigenvalue weighted by atomic mass is 10.2. The number of unbranched alkanes of at least 4 members (excludes halogenated alkanes) is 1. The Morgan fingerprint density at radius 3 is 0.442 bits per heavy atom. The number of nitrogens with one attached hydrogen (secondary N) is 5. The Balaban J connectivity index is -0.000000386. The Morgan fingerprint density at radius 2 is 0.304 bits per heavy atom. The Hall–Kier alpha value is -7.57. The monoisotopic (exact) mass is 1990 g/mol. The van der Waals surface area contributed by atoms with Crippen LogP contribution < -0.4 is 38.1 Å². The number of nitrogens with zero attached hydrogens (tertiary/aromatic N) is 10. The molecule has 0 bridgehead atoms. The molecule has 0 atom stereocenters. The number of ether oxygens (including phenoxy) is 13. The third-order valence-corrected chi connectivity index (χ3v) is 21.5. The summed E-state index contributed by atoms with van der Waals surface area (Å²) in [4.78, 5) is 167. The maximum Gasteiger partial charge on any atom is 0.306 e. The lowest BCUT2D eigenvalue weighted by molar-refractivity contribution is -0.142. The van der Waals surface area contributed by atoms with E-state index >= 15 is 0 Å². The molecule has 0 rings (SSSR count). The maximum atomic E-state index is 11.5. The smallest absolute Gasteiger partial charge is 0.306 e. The highest BCUT2D eigenvalue weighted by molar-refractivity contribution is 5.73. The summed E-state index contributed by atoms with van der Waals surface area (Å²) in [7, 11) is 30.5. The zero-order valence-corrected chi connectivity index (χ0v) is 89.1. The van der Waals surface area contributed by atoms with Gasteiger partial charge in [-0.3, -0.25) is 62.3 Å². The Morgan fingerprint density at radius 1 is 0.174 bits per heavy atom. The van der Waals surface area contributed by atoms with Crippen molar-refractivity contribution >= 4 is 77.6 Å². The fraction of sp³-hybridized carbons (Fsp3) is 0.863. The summed E-state index contributed by atoms with van der Waals surface area (Å²) < 4.78 is 60.3. The first-order valence-electron chi connectivity index (χ1n) is 49.0. The largest absolute Gasteiger partial charge is 0.469 e. The molecule has 0 heterocycles. The van der Waals surface area contributed by atoms with Crippen LogP contribution in [0.1, 0.15) is 174 Å². The van der Waals surface area contributed by atoms with Gasteiger partial charge in [-0.15, -0.1) is 0 Å². The van der Waals surface area contributed by atoms with Crippen molar-refractivity contribution in [3.63, 3.8) is 0 Å². The number of nitrogens with two attached hydrogens (primary N) is 2. The summed E-state index contributed by atoms with van der Waals surface area (Å²) in [6.45, 7) is 31.2. The van der Waals surface area contributed by atoms with E-state index in [0.29, 0.717) is 149 Å². The van der Waals surface area contributed by atoms with E-state index in [-0.39, 0.29) is 103 Å². The lowest BCUT2D eigenvalue weighted by Crippen LogP contribution is -2.34. The van der Waals surface area contributed by atoms with Gasteiger partial charge in [0, 0.05) is 85.1 Å². The highest BCUT2D eigenvalue weighted by atomic mass is 16.6. The van der Waals surface area contributed by atoms with Crippen molar-refractivity contribution in [3.05, 3.63) is 0 Å². The van der Waals surface area contributed by atoms with Crippen LogP contribution in [0.3, 0.4) is 0 Å². The van der Waals surface area contributed by atoms with Crippen LogP contribution in [0.2, 0.25) is 0 Å². The van der Waals surface area contributed by atoms with Gasteiger partial charge in [-0.2, -0.15) is 0 Å². The minimum Gasteiger partial charge on any atom is -0.469 e. The zero-order chi connectivity index (χ0) is 105. The summed E-state index contributed by atoms with van der Waals surface area (Å²) in [5.41, 5.74) is 10.9. The summed E-state index contributed by atoms with van der Waals surface area (Å²) in [5.74, 6) is -2.92. The number of hydrogen-bond donors (Lipinski definition) is 7. The topological polar surface area (TPSA) is 486 Å². The van der Waals surface area contributed by atoms with Crippen LogP contribution in [-0.2, 0) is 124 Å². The third kappa shape index (κ3) is 107. The van der Waals surface area contributed by atoms with E-state index in [9.17, 15) is 62.3 Å². The summed E-state index contributed by atoms with van der Waals surface area (Å²) in [5, 5.41) is 16.1. The molecule has 0 aliphatic heterocycles. The predicted octanol–water partition coefficient (Wildman–Crippen LogP) is 1.99. The molecule has 0 unspecified atom stereocenters. The molecule has 0 aromatic rings. The van der Waals surface area contributed by atoms with Gasteiger partial charge in [0.15, 0.2) is 0 Å². The summed E-state index contributed by atoms with van der Waals surface area (Å²) in [6, 6.07) is 0. The van der Waals surface area contributed by atoms with Gasteiger partial charge in [-0.25, -0.2) is 0 Å². The second-order valence-electron chi connectivity index (χ2n) is 33.0. The number of carbonyl (C=O) groups is 13. The van der Waals surface area contributed by atoms with Gasteiger partial charge in [0.2, 0.25) is 0 Å². The van der Waals surface area contributed by atoms with E-state index < -0.39 is 0 Å². The number of hydrogen-bond acceptors (Lipinski definition) is 43. The fourth-order valence-electron chi connectivity index (χ4n) is 12.7. The van der Waals surface area contributed by atoms with Crippen molar-refractivity contribution in [2.45, 2.75) is 174 Å². The molecule has 814 valence electrons. The molecular weight excluding hydrogens is 1800 g/mol. The molecule has 0 aliphatic rings. The van der Waals surface area contributed by atoms with Gasteiger partial charge in [0.05, 0.1) is 176 Å². The number of carbonyl (C=O) groups excluding carboxylic acids is 13. The SMILES string of the molecule is CCCCN(C)CCCNCCC(=O)OC.COC(=O)CCN(CCCN(C)CCCN(CCC(=O)OC)CCC(=O)OC)CCC(=O)OC.COC(=O)CCN(CCCN(C)CCCN)CCC(=O)OC.COC(=O)CCNCCCN(C)CCCN.COC(=O)CCNCCCN(C)CCCN(CCC(=O)OC)CCC(=O)OC.COC(=O)CCNCCCN(C)CCCNCCC(=O)OC. The molecular formula is C95H193N17O26. The Kier molecular flexibility index (Phi) is 109. The van der Waals surface area contributed by atoms with Gasteiger partial charge in [-0.05, 0) is 270 Å². The van der Waals surface area contributed by atoms with E-state index in [1.807, 2.05) is 7.05 Å². The molecule has 43 heteroatoms. The van der Waals surface area contributed by atoms with E-state index in [4.69, 9.17) is 30.4 Å². The van der Waals surface area contributed by atoms with Crippen LogP contribution in [-0.4, -0.2) is 497 Å². The summed E-state index contributed by atoms with van der Waals surface area (Å²) in [6.07, 6.45) is 18.1. The van der Waals surface area contributed by atoms with Crippen molar-refractivity contribution in [2.75, 3.05) is 370 Å². The molecule has 0 spiro atoms. The van der Waals surface area contributed by atoms with Crippen LogP contribution in [0.15, 0.2) is 0 Å². The Labute approximate surface area is 829 Å². The molecule has 0 fully saturated rings. The number of methoxy groups -OCH3 is 13. The molecule has 0 saturated heterocycles. The van der Waals surface area contributed by atoms with Crippen molar-refractivity contribution < 1.29 is 124 Å². The first-order valence-corrected chi connectivity index (χ1v) is 49.0. The average Bonchev–Trinajstić information content (AvgIpc) is 0.963. The lowest BCUT2D eigenvalue weighted by Gasteiger charge is -2.25. The highest BCUT2D eigenvalue weighted by Crippen LogP contribution is 2.08. The zero-order valence-electron chi connectivity index (χ0n) is 89.1. The predicted molar refractivity (Wildman–Crippen MR) is 535 cm³/mol. The van der Waals surface area contributed by atoms with E-state index in [2.05, 4.69) is 160 Å². The number of esters is 13. The molecule has 0 amide bonds. The van der Waals surface area contributed by atoms with Crippen LogP contribution in [0.25, 0.3) is 0 Å². The van der Waals surface area contributed by atoms with Crippen LogP contribution in [0, 0.1) is 0 Å². The summed E-state index contributed by atoms with van der Waals surface area (Å²) >= 11 is 0. The van der Waals surface area contributed by atoms with Crippen molar-refractivity contribution in [3.8, 4) is 0 Å². The van der Waals surface area contributed by atoms with Gasteiger partial charge in [0.1, 0.15) is 0 Å². The van der Waals surface area contributed by atoms with Gasteiger partial charge < -0.3 is 149 Å². The molecule has 0 aromatic carbocycles. The van der Waals surface area contributed by atoms with E-state index in [0.717, 1.165) is 208 Å². The minimum absolute atomic E-state index is 0.146. The van der Waals surface area contributed by atoms with Crippen molar-refractivity contribution in [1.29, 1.82) is 0 Å². The highest BCUT2D eigenvalue weighted by Gasteiger charge is 2.18. The van der Waals surface area contributed by atoms with Crippen LogP contribution in [0.4, 0.5) is 0 Å². The first kappa shape index (κ1) is 141. The van der Waals surface area contributed by atoms with Crippen molar-refractivity contribution in [2.24, 2.45) is 11.5 Å². The van der Waals surface area contributed by atoms with Crippen molar-refractivity contribution in [1.82, 2.24) is 75.6 Å². The molecule has 43 nitrogen and oxygen atoms in total. The second-order valence-corrected chi connectivity index (χ2v) is 33.0. The second kappa shape index (κ2) is 107. The molecule has 0 aromatic heterocycles. The molecule has 9 N–H and O–H groups in total. The fourth-order valence-corrected chi connectivity index (χ4v) is 12.7. The minimum atomic E-state index is -0.274. The first-order chi connectivity index (χ1) is 66.2. The van der Waals surface area contributed by atoms with Gasteiger partial charge in [-0.1, -0.05) is 13.3 Å². The van der Waals surface area contributed by atoms with Crippen LogP contribution in [0.5, 0.6) is 0 Å². The number of rotatable bonds is 84. The average molecular weight is 1990 g/mol. The van der Waals surface area contributed by atoms with E-state index in [1.165, 1.54) is 112 Å². The van der Waals surface area contributed by atoms with Gasteiger partial charge in [0.25, 0.3) is 0 Å².